The Labute approximate surface area is 139 Å². The number of thiophene rings is 1. The number of nitrogens with zero attached hydrogens (tertiary/aromatic N) is 1. The van der Waals surface area contributed by atoms with Gasteiger partial charge in [-0.2, -0.15) is 0 Å². The van der Waals surface area contributed by atoms with E-state index in [9.17, 15) is 4.79 Å². The molecule has 1 aromatic carbocycles. The zero-order valence-corrected chi connectivity index (χ0v) is 13.9. The zero-order chi connectivity index (χ0) is 15.8. The highest BCUT2D eigenvalue weighted by molar-refractivity contribution is 7.10. The molecule has 0 unspecified atom stereocenters. The molecule has 3 nitrogen and oxygen atoms in total. The predicted molar refractivity (Wildman–Crippen MR) is 93.9 cm³/mol. The molecule has 1 aliphatic heterocycles. The Balaban J connectivity index is 1.71. The summed E-state index contributed by atoms with van der Waals surface area (Å²) in [4.78, 5) is 15.8. The minimum Gasteiger partial charge on any atom is -0.423 e. The molecule has 0 bridgehead atoms. The first-order valence-electron chi connectivity index (χ1n) is 8.01. The molecule has 3 aromatic rings. The van der Waals surface area contributed by atoms with E-state index in [-0.39, 0.29) is 5.63 Å². The van der Waals surface area contributed by atoms with Gasteiger partial charge < -0.3 is 4.42 Å². The van der Waals surface area contributed by atoms with Gasteiger partial charge in [-0.15, -0.1) is 11.3 Å². The molecule has 0 spiro atoms. The van der Waals surface area contributed by atoms with Crippen LogP contribution in [0.25, 0.3) is 11.0 Å². The van der Waals surface area contributed by atoms with Gasteiger partial charge in [0, 0.05) is 28.9 Å². The molecule has 118 valence electrons. The second-order valence-corrected chi connectivity index (χ2v) is 7.21. The number of hydrogen-bond donors (Lipinski definition) is 0. The topological polar surface area (TPSA) is 33.5 Å². The van der Waals surface area contributed by atoms with E-state index in [1.165, 1.54) is 17.7 Å². The van der Waals surface area contributed by atoms with E-state index in [0.717, 1.165) is 29.6 Å². The molecule has 0 saturated carbocycles. The molecular weight excluding hydrogens is 306 g/mol. The zero-order valence-electron chi connectivity index (χ0n) is 13.1. The molecule has 1 saturated heterocycles. The fourth-order valence-corrected chi connectivity index (χ4v) is 4.40. The Bertz CT molecular complexity index is 882. The van der Waals surface area contributed by atoms with Crippen molar-refractivity contribution in [1.29, 1.82) is 0 Å². The lowest BCUT2D eigenvalue weighted by Crippen LogP contribution is -2.23. The van der Waals surface area contributed by atoms with Crippen LogP contribution in [-0.2, 0) is 6.54 Å². The van der Waals surface area contributed by atoms with Gasteiger partial charge in [0.25, 0.3) is 0 Å². The first-order valence-corrected chi connectivity index (χ1v) is 8.89. The fraction of sp³-hybridized carbons (Fsp3) is 0.316. The average Bonchev–Trinajstić information content (AvgIpc) is 3.17. The van der Waals surface area contributed by atoms with E-state index in [2.05, 4.69) is 34.5 Å². The Kier molecular flexibility index (Phi) is 3.79. The largest absolute Gasteiger partial charge is 0.423 e. The van der Waals surface area contributed by atoms with Crippen molar-refractivity contribution in [3.63, 3.8) is 0 Å². The van der Waals surface area contributed by atoms with Crippen LogP contribution in [0.5, 0.6) is 0 Å². The Hall–Kier alpha value is -1.91. The Morgan fingerprint density at radius 3 is 3.04 bits per heavy atom. The highest BCUT2D eigenvalue weighted by atomic mass is 32.1. The van der Waals surface area contributed by atoms with Crippen molar-refractivity contribution >= 4 is 22.3 Å². The molecule has 23 heavy (non-hydrogen) atoms. The molecule has 3 heterocycles. The highest BCUT2D eigenvalue weighted by Gasteiger charge is 2.27. The van der Waals surface area contributed by atoms with Gasteiger partial charge in [0.05, 0.1) is 0 Å². The van der Waals surface area contributed by atoms with E-state index in [1.54, 1.807) is 6.07 Å². The van der Waals surface area contributed by atoms with Gasteiger partial charge in [-0.05, 0) is 54.9 Å². The van der Waals surface area contributed by atoms with Crippen LogP contribution < -0.4 is 5.63 Å². The minimum absolute atomic E-state index is 0.259. The van der Waals surface area contributed by atoms with Crippen molar-refractivity contribution in [1.82, 2.24) is 4.90 Å². The number of benzene rings is 1. The van der Waals surface area contributed by atoms with Crippen LogP contribution in [0.15, 0.2) is 51.0 Å². The van der Waals surface area contributed by atoms with Crippen molar-refractivity contribution in [3.05, 3.63) is 68.2 Å². The SMILES string of the molecule is Cc1ccc2c(CN3CCC[C@H]3c3cccs3)cc(=O)oc2c1. The number of likely N-dealkylation sites (tertiary alicyclic amines) is 1. The second kappa shape index (κ2) is 5.95. The third kappa shape index (κ3) is 2.84. The number of fused-ring (bicyclic) bond motifs is 1. The van der Waals surface area contributed by atoms with Gasteiger partial charge in [-0.25, -0.2) is 4.79 Å². The van der Waals surface area contributed by atoms with Gasteiger partial charge >= 0.3 is 5.63 Å². The molecule has 2 aromatic heterocycles. The lowest BCUT2D eigenvalue weighted by molar-refractivity contribution is 0.252. The molecule has 0 amide bonds. The van der Waals surface area contributed by atoms with E-state index >= 15 is 0 Å². The summed E-state index contributed by atoms with van der Waals surface area (Å²) in [7, 11) is 0. The second-order valence-electron chi connectivity index (χ2n) is 6.23. The van der Waals surface area contributed by atoms with Crippen LogP contribution in [0.4, 0.5) is 0 Å². The molecule has 4 heteroatoms. The van der Waals surface area contributed by atoms with Crippen molar-refractivity contribution in [2.45, 2.75) is 32.4 Å². The van der Waals surface area contributed by atoms with Gasteiger partial charge in [0.1, 0.15) is 5.58 Å². The van der Waals surface area contributed by atoms with Gasteiger partial charge in [0.2, 0.25) is 0 Å². The molecule has 4 rings (SSSR count). The molecular formula is C19H19NO2S. The van der Waals surface area contributed by atoms with Crippen LogP contribution in [0.1, 0.15) is 34.9 Å². The number of rotatable bonds is 3. The van der Waals surface area contributed by atoms with Gasteiger partial charge in [-0.1, -0.05) is 18.2 Å². The maximum absolute atomic E-state index is 11.9. The maximum atomic E-state index is 11.9. The summed E-state index contributed by atoms with van der Waals surface area (Å²) in [6.07, 6.45) is 2.40. The third-order valence-electron chi connectivity index (χ3n) is 4.59. The van der Waals surface area contributed by atoms with Crippen LogP contribution in [-0.4, -0.2) is 11.4 Å². The maximum Gasteiger partial charge on any atom is 0.336 e. The van der Waals surface area contributed by atoms with E-state index in [1.807, 2.05) is 24.3 Å². The van der Waals surface area contributed by atoms with E-state index in [4.69, 9.17) is 4.42 Å². The lowest BCUT2D eigenvalue weighted by Gasteiger charge is -2.24. The first kappa shape index (κ1) is 14.7. The minimum atomic E-state index is -0.259. The lowest BCUT2D eigenvalue weighted by atomic mass is 10.1. The summed E-state index contributed by atoms with van der Waals surface area (Å²) in [6, 6.07) is 12.6. The van der Waals surface area contributed by atoms with Crippen molar-refractivity contribution < 1.29 is 4.42 Å². The Morgan fingerprint density at radius 2 is 2.22 bits per heavy atom. The Morgan fingerprint density at radius 1 is 1.30 bits per heavy atom. The predicted octanol–water partition coefficient (Wildman–Crippen LogP) is 4.50. The summed E-state index contributed by atoms with van der Waals surface area (Å²) in [5.74, 6) is 0. The van der Waals surface area contributed by atoms with Crippen LogP contribution in [0, 0.1) is 6.92 Å². The standard InChI is InChI=1S/C19H19NO2S/c1-13-6-7-15-14(11-19(21)22-17(15)10-13)12-20-8-2-4-16(20)18-5-3-9-23-18/h3,5-7,9-11,16H,2,4,8,12H2,1H3/t16-/m0/s1. The molecule has 1 atom stereocenters. The van der Waals surface area contributed by atoms with Crippen molar-refractivity contribution in [2.24, 2.45) is 0 Å². The molecule has 0 radical (unpaired) electrons. The summed E-state index contributed by atoms with van der Waals surface area (Å²) in [5, 5.41) is 3.19. The van der Waals surface area contributed by atoms with E-state index in [0.29, 0.717) is 11.6 Å². The summed E-state index contributed by atoms with van der Waals surface area (Å²) in [5.41, 5.74) is 2.61. The van der Waals surface area contributed by atoms with Crippen LogP contribution >= 0.6 is 11.3 Å². The fourth-order valence-electron chi connectivity index (χ4n) is 3.51. The smallest absolute Gasteiger partial charge is 0.336 e. The third-order valence-corrected chi connectivity index (χ3v) is 5.57. The van der Waals surface area contributed by atoms with Crippen molar-refractivity contribution in [3.8, 4) is 0 Å². The quantitative estimate of drug-likeness (QED) is 0.665. The highest BCUT2D eigenvalue weighted by Crippen LogP contribution is 2.36. The summed E-state index contributed by atoms with van der Waals surface area (Å²) in [6.45, 7) is 3.89. The van der Waals surface area contributed by atoms with Crippen LogP contribution in [0.3, 0.4) is 0 Å². The normalized spacial score (nSPS) is 18.7. The summed E-state index contributed by atoms with van der Waals surface area (Å²) >= 11 is 1.82. The van der Waals surface area contributed by atoms with Crippen molar-refractivity contribution in [2.75, 3.05) is 6.54 Å². The van der Waals surface area contributed by atoms with Gasteiger partial charge in [0.15, 0.2) is 0 Å². The van der Waals surface area contributed by atoms with Gasteiger partial charge in [-0.3, -0.25) is 4.90 Å². The average molecular weight is 325 g/mol. The molecule has 0 aliphatic carbocycles. The number of hydrogen-bond acceptors (Lipinski definition) is 4. The summed E-state index contributed by atoms with van der Waals surface area (Å²) < 4.78 is 5.37. The number of aryl methyl sites for hydroxylation is 1. The molecule has 0 N–H and O–H groups in total. The van der Waals surface area contributed by atoms with Crippen LogP contribution in [0.2, 0.25) is 0 Å². The molecule has 1 fully saturated rings. The van der Waals surface area contributed by atoms with E-state index < -0.39 is 0 Å². The molecule has 1 aliphatic rings. The first-order chi connectivity index (χ1) is 11.2. The monoisotopic (exact) mass is 325 g/mol.